The van der Waals surface area contributed by atoms with Gasteiger partial charge in [-0.05, 0) is 46.2 Å². The van der Waals surface area contributed by atoms with Gasteiger partial charge in [-0.2, -0.15) is 5.26 Å². The molecule has 0 aliphatic carbocycles. The molecule has 0 spiro atoms. The molecule has 0 fully saturated rings. The maximum Gasteiger partial charge on any atom is 3.00 e. The molecule has 3 rings (SSSR count). The largest absolute Gasteiger partial charge is 3.00 e. The van der Waals surface area contributed by atoms with Crippen LogP contribution in [0.5, 0.6) is 11.5 Å². The van der Waals surface area contributed by atoms with E-state index in [0.29, 0.717) is 48.4 Å². The van der Waals surface area contributed by atoms with Crippen molar-refractivity contribution in [2.45, 2.75) is 61.3 Å². The first-order valence-corrected chi connectivity index (χ1v) is 14.6. The fourth-order valence-electron chi connectivity index (χ4n) is 3.93. The zero-order chi connectivity index (χ0) is 37.2. The summed E-state index contributed by atoms with van der Waals surface area (Å²) in [7, 11) is 0. The Labute approximate surface area is 314 Å². The van der Waals surface area contributed by atoms with E-state index in [1.165, 1.54) is 21.7 Å². The molecule has 16 nitrogen and oxygen atoms in total. The fourth-order valence-corrected chi connectivity index (χ4v) is 3.93. The Kier molecular flexibility index (Phi) is 30.3. The van der Waals surface area contributed by atoms with Crippen LogP contribution in [0, 0.1) is 22.2 Å². The second-order valence-electron chi connectivity index (χ2n) is 11.6. The first-order chi connectivity index (χ1) is 22.7. The van der Waals surface area contributed by atoms with E-state index in [1.807, 2.05) is 24.3 Å². The number of nitriles is 1. The van der Waals surface area contributed by atoms with Crippen molar-refractivity contribution in [3.63, 3.8) is 0 Å². The second kappa shape index (κ2) is 29.1. The first kappa shape index (κ1) is 52.0. The molecular weight excluding hydrogens is 730 g/mol. The van der Waals surface area contributed by atoms with E-state index < -0.39 is 0 Å². The zero-order valence-electron chi connectivity index (χ0n) is 29.1. The van der Waals surface area contributed by atoms with E-state index in [4.69, 9.17) is 38.4 Å². The first-order valence-electron chi connectivity index (χ1n) is 14.6. The summed E-state index contributed by atoms with van der Waals surface area (Å²) in [5, 5.41) is 33.4. The summed E-state index contributed by atoms with van der Waals surface area (Å²) in [6.07, 6.45) is 8.35. The van der Waals surface area contributed by atoms with Crippen LogP contribution in [0.2, 0.25) is 0 Å². The molecule has 0 unspecified atom stereocenters. The van der Waals surface area contributed by atoms with Crippen LogP contribution in [-0.2, 0) is 46.4 Å². The standard InChI is InChI=1S/C30H40N4O2.C2H3N.2Co.3N3/c1-7-21-9-23-13-31-17-29(3,4)19-33-15-25-11-22(8-2)12-26(28(25)36)16-34-20-30(5,6)18-32-14-24(10-21)27(23)35;1-2-3;;;3*1-3-2/h9-16,35-36H,7-8,17-20H2,1-6H3;1H3;;;;;/q;;+2;+3;3*-1/p-2. The van der Waals surface area contributed by atoms with Crippen LogP contribution in [0.25, 0.3) is 47.9 Å². The number of aliphatic imine (C=N–C) groups is 4. The molecule has 0 atom stereocenters. The molecule has 0 aromatic heterocycles. The number of nitrogens with zero attached hydrogens (tertiary/aromatic N) is 14. The van der Waals surface area contributed by atoms with Crippen molar-refractivity contribution >= 4 is 24.9 Å². The van der Waals surface area contributed by atoms with Crippen molar-refractivity contribution in [1.82, 2.24) is 0 Å². The summed E-state index contributed by atoms with van der Waals surface area (Å²) < 4.78 is 0. The van der Waals surface area contributed by atoms with E-state index in [-0.39, 0.29) is 55.9 Å². The second-order valence-corrected chi connectivity index (χ2v) is 11.6. The van der Waals surface area contributed by atoms with E-state index in [9.17, 15) is 10.2 Å². The predicted octanol–water partition coefficient (Wildman–Crippen LogP) is 7.52. The van der Waals surface area contributed by atoms with Gasteiger partial charge in [0.2, 0.25) is 0 Å². The molecule has 18 heteroatoms. The van der Waals surface area contributed by atoms with Crippen molar-refractivity contribution < 1.29 is 43.8 Å². The number of hydrogen-bond donors (Lipinski definition) is 0. The molecule has 1 aliphatic heterocycles. The molecule has 0 N–H and O–H groups in total. The van der Waals surface area contributed by atoms with Gasteiger partial charge in [0, 0.05) is 68.8 Å². The molecule has 1 heterocycles. The number of hydrogen-bond acceptors (Lipinski definition) is 7. The van der Waals surface area contributed by atoms with Gasteiger partial charge in [0.05, 0.1) is 6.07 Å². The van der Waals surface area contributed by atoms with Crippen LogP contribution in [-0.4, -0.2) is 51.0 Å². The molecule has 50 heavy (non-hydrogen) atoms. The molecule has 0 saturated carbocycles. The van der Waals surface area contributed by atoms with Gasteiger partial charge in [-0.3, -0.25) is 34.7 Å². The molecule has 1 aliphatic rings. The molecule has 269 valence electrons. The molecule has 4 bridgehead atoms. The summed E-state index contributed by atoms with van der Waals surface area (Å²) in [6.45, 7) is 15.9. The van der Waals surface area contributed by atoms with Gasteiger partial charge >= 0.3 is 33.6 Å². The Morgan fingerprint density at radius 3 is 0.960 bits per heavy atom. The Hall–Kier alpha value is -4.85. The summed E-state index contributed by atoms with van der Waals surface area (Å²) in [6, 6.07) is 9.39. The van der Waals surface area contributed by atoms with Gasteiger partial charge in [-0.15, -0.1) is 0 Å². The summed E-state index contributed by atoms with van der Waals surface area (Å²) in [5.41, 5.74) is 44.5. The molecule has 1 radical (unpaired) electrons. The molecule has 0 amide bonds. The third-order valence-electron chi connectivity index (χ3n) is 6.23. The van der Waals surface area contributed by atoms with Crippen LogP contribution in [0.3, 0.4) is 0 Å². The Morgan fingerprint density at radius 1 is 0.620 bits per heavy atom. The van der Waals surface area contributed by atoms with Crippen molar-refractivity contribution in [2.24, 2.45) is 30.8 Å². The van der Waals surface area contributed by atoms with Gasteiger partial charge in [-0.25, -0.2) is 0 Å². The minimum atomic E-state index is -0.231. The van der Waals surface area contributed by atoms with Gasteiger partial charge in [-0.1, -0.05) is 77.3 Å². The van der Waals surface area contributed by atoms with Gasteiger partial charge < -0.3 is 43.4 Å². The van der Waals surface area contributed by atoms with Crippen molar-refractivity contribution in [3.8, 4) is 17.6 Å². The number of aryl methyl sites for hydroxylation is 2. The smallest absolute Gasteiger partial charge is 0.872 e. The summed E-state index contributed by atoms with van der Waals surface area (Å²) >= 11 is 0. The fraction of sp³-hybridized carbons (Fsp3) is 0.469. The maximum atomic E-state index is 13.1. The Balaban J connectivity index is -0.000000663. The van der Waals surface area contributed by atoms with Crippen LogP contribution in [0.4, 0.5) is 0 Å². The van der Waals surface area contributed by atoms with Crippen molar-refractivity contribution in [1.29, 1.82) is 5.26 Å². The van der Waals surface area contributed by atoms with Gasteiger partial charge in [0.1, 0.15) is 0 Å². The van der Waals surface area contributed by atoms with Crippen LogP contribution >= 0.6 is 0 Å². The number of fused-ring (bicyclic) bond motifs is 4. The van der Waals surface area contributed by atoms with Crippen LogP contribution < -0.4 is 10.2 Å². The van der Waals surface area contributed by atoms with Crippen molar-refractivity contribution in [2.75, 3.05) is 26.2 Å². The average molecular weight is 772 g/mol. The zero-order valence-corrected chi connectivity index (χ0v) is 31.2. The van der Waals surface area contributed by atoms with E-state index in [0.717, 1.165) is 24.0 Å². The third kappa shape index (κ3) is 21.9. The molecule has 0 saturated heterocycles. The van der Waals surface area contributed by atoms with E-state index in [1.54, 1.807) is 30.9 Å². The predicted molar refractivity (Wildman–Crippen MR) is 189 cm³/mol. The van der Waals surface area contributed by atoms with Crippen LogP contribution in [0.1, 0.15) is 81.8 Å². The van der Waals surface area contributed by atoms with E-state index in [2.05, 4.69) is 61.5 Å². The average Bonchev–Trinajstić information content (AvgIpc) is 3.01. The Bertz CT molecular complexity index is 1380. The SMILES string of the molecule is CC#N.CCc1cc2c([O-])c(c1)C=NCC(C)(C)CN=Cc1cc(CC)cc(c1[O-])C=NCC(C)(C)CN=C2.[Co+2].[Co+3].[N-]=[N+]=[N-].[N-]=[N+]=[N-].[N-]=[N+]=[N-]. The minimum absolute atomic E-state index is 0. The molecule has 2 aromatic rings. The quantitative estimate of drug-likeness (QED) is 0.170. The summed E-state index contributed by atoms with van der Waals surface area (Å²) in [5.74, 6) is -0.122. The topological polar surface area (TPSA) is 295 Å². The summed E-state index contributed by atoms with van der Waals surface area (Å²) in [4.78, 5) is 22.9. The minimum Gasteiger partial charge on any atom is -0.872 e. The van der Waals surface area contributed by atoms with Crippen molar-refractivity contribution in [3.05, 3.63) is 106 Å². The normalized spacial score (nSPS) is 13.4. The molecule has 2 aromatic carbocycles. The monoisotopic (exact) mass is 771 g/mol. The molecular formula is C32H41Co2N14O2. The van der Waals surface area contributed by atoms with Gasteiger partial charge in [0.25, 0.3) is 0 Å². The van der Waals surface area contributed by atoms with Gasteiger partial charge in [0.15, 0.2) is 0 Å². The van der Waals surface area contributed by atoms with Crippen LogP contribution in [0.15, 0.2) is 44.2 Å². The number of benzene rings is 2. The maximum absolute atomic E-state index is 13.1. The third-order valence-corrected chi connectivity index (χ3v) is 6.23. The van der Waals surface area contributed by atoms with E-state index >= 15 is 0 Å². The number of rotatable bonds is 2. The Morgan fingerprint density at radius 2 is 0.800 bits per heavy atom.